The molecule has 0 spiro atoms. The van der Waals surface area contributed by atoms with Crippen molar-refractivity contribution in [1.82, 2.24) is 25.5 Å². The fourth-order valence-electron chi connectivity index (χ4n) is 1.52. The Labute approximate surface area is 120 Å². The Balaban J connectivity index is 1.94. The average molecular weight is 296 g/mol. The summed E-state index contributed by atoms with van der Waals surface area (Å²) in [4.78, 5) is 11.5. The number of likely N-dealkylation sites (N-methyl/N-ethyl adjacent to an activating group) is 1. The van der Waals surface area contributed by atoms with E-state index in [1.807, 2.05) is 6.92 Å². The first kappa shape index (κ1) is 14.3. The van der Waals surface area contributed by atoms with E-state index in [0.29, 0.717) is 23.1 Å². The first-order valence-corrected chi connectivity index (χ1v) is 6.47. The largest absolute Gasteiger partial charge is 0.486 e. The molecule has 0 saturated heterocycles. The van der Waals surface area contributed by atoms with Gasteiger partial charge in [0.05, 0.1) is 0 Å². The van der Waals surface area contributed by atoms with Gasteiger partial charge in [-0.3, -0.25) is 4.79 Å². The fraction of sp³-hybridized carbons (Fsp3) is 0.333. The van der Waals surface area contributed by atoms with Crippen LogP contribution in [-0.2, 0) is 17.9 Å². The molecule has 0 atom stereocenters. The molecule has 0 aliphatic rings. The van der Waals surface area contributed by atoms with E-state index in [4.69, 9.17) is 16.3 Å². The van der Waals surface area contributed by atoms with Crippen LogP contribution in [0.1, 0.15) is 12.7 Å². The Morgan fingerprint density at radius 1 is 1.40 bits per heavy atom. The van der Waals surface area contributed by atoms with Gasteiger partial charge in [-0.25, -0.2) is 4.68 Å². The molecule has 0 unspecified atom stereocenters. The summed E-state index contributed by atoms with van der Waals surface area (Å²) in [5, 5.41) is 14.5. The van der Waals surface area contributed by atoms with Crippen molar-refractivity contribution in [3.05, 3.63) is 35.1 Å². The number of carbonyl (C=O) groups excluding carboxylic acids is 1. The summed E-state index contributed by atoms with van der Waals surface area (Å²) < 4.78 is 6.94. The SMILES string of the molecule is CCNC(=O)Cn1nnnc1COc1ccc(Cl)cc1. The van der Waals surface area contributed by atoms with E-state index in [2.05, 4.69) is 20.8 Å². The number of nitrogens with zero attached hydrogens (tertiary/aromatic N) is 4. The highest BCUT2D eigenvalue weighted by atomic mass is 35.5. The Kier molecular flexibility index (Phi) is 4.89. The van der Waals surface area contributed by atoms with Gasteiger partial charge in [0.15, 0.2) is 5.82 Å². The van der Waals surface area contributed by atoms with E-state index >= 15 is 0 Å². The van der Waals surface area contributed by atoms with Crippen molar-refractivity contribution in [3.8, 4) is 5.75 Å². The molecule has 106 valence electrons. The average Bonchev–Trinajstić information content (AvgIpc) is 2.86. The number of hydrogen-bond donors (Lipinski definition) is 1. The van der Waals surface area contributed by atoms with Crippen LogP contribution in [0.25, 0.3) is 0 Å². The van der Waals surface area contributed by atoms with Crippen LogP contribution in [0, 0.1) is 0 Å². The third-order valence-corrected chi connectivity index (χ3v) is 2.71. The van der Waals surface area contributed by atoms with Gasteiger partial charge in [-0.1, -0.05) is 11.6 Å². The summed E-state index contributed by atoms with van der Waals surface area (Å²) in [6.07, 6.45) is 0. The van der Waals surface area contributed by atoms with Gasteiger partial charge in [-0.2, -0.15) is 0 Å². The second kappa shape index (κ2) is 6.85. The van der Waals surface area contributed by atoms with Crippen molar-refractivity contribution in [2.75, 3.05) is 6.54 Å². The lowest BCUT2D eigenvalue weighted by Gasteiger charge is -2.07. The number of ether oxygens (including phenoxy) is 1. The van der Waals surface area contributed by atoms with Crippen molar-refractivity contribution in [2.24, 2.45) is 0 Å². The molecule has 1 aromatic heterocycles. The lowest BCUT2D eigenvalue weighted by Crippen LogP contribution is -2.28. The van der Waals surface area contributed by atoms with Gasteiger partial charge < -0.3 is 10.1 Å². The Morgan fingerprint density at radius 2 is 2.15 bits per heavy atom. The van der Waals surface area contributed by atoms with Crippen LogP contribution in [0.3, 0.4) is 0 Å². The van der Waals surface area contributed by atoms with E-state index in [9.17, 15) is 4.79 Å². The highest BCUT2D eigenvalue weighted by Crippen LogP contribution is 2.16. The minimum Gasteiger partial charge on any atom is -0.486 e. The predicted octanol–water partition coefficient (Wildman–Crippen LogP) is 1.04. The Bertz CT molecular complexity index is 569. The van der Waals surface area contributed by atoms with Crippen molar-refractivity contribution >= 4 is 17.5 Å². The molecule has 1 aromatic carbocycles. The molecule has 0 bridgehead atoms. The lowest BCUT2D eigenvalue weighted by atomic mass is 10.3. The zero-order valence-corrected chi connectivity index (χ0v) is 11.7. The van der Waals surface area contributed by atoms with Crippen molar-refractivity contribution in [2.45, 2.75) is 20.1 Å². The van der Waals surface area contributed by atoms with E-state index < -0.39 is 0 Å². The van der Waals surface area contributed by atoms with Crippen LogP contribution in [-0.4, -0.2) is 32.7 Å². The molecule has 7 nitrogen and oxygen atoms in total. The fourth-order valence-corrected chi connectivity index (χ4v) is 1.64. The van der Waals surface area contributed by atoms with Crippen LogP contribution in [0.2, 0.25) is 5.02 Å². The number of benzene rings is 1. The molecule has 2 aromatic rings. The maximum absolute atomic E-state index is 11.5. The van der Waals surface area contributed by atoms with Gasteiger partial charge in [0, 0.05) is 11.6 Å². The van der Waals surface area contributed by atoms with Gasteiger partial charge in [0.1, 0.15) is 18.9 Å². The van der Waals surface area contributed by atoms with Crippen LogP contribution in [0.5, 0.6) is 5.75 Å². The number of halogens is 1. The maximum Gasteiger partial charge on any atom is 0.241 e. The molecule has 0 fully saturated rings. The third-order valence-electron chi connectivity index (χ3n) is 2.45. The monoisotopic (exact) mass is 295 g/mol. The molecule has 0 aliphatic carbocycles. The number of tetrazole rings is 1. The highest BCUT2D eigenvalue weighted by molar-refractivity contribution is 6.30. The predicted molar refractivity (Wildman–Crippen MR) is 72.3 cm³/mol. The van der Waals surface area contributed by atoms with Crippen molar-refractivity contribution in [3.63, 3.8) is 0 Å². The standard InChI is InChI=1S/C12H14ClN5O2/c1-2-14-12(19)7-18-11(15-16-17-18)8-20-10-5-3-9(13)4-6-10/h3-6H,2,7-8H2,1H3,(H,14,19). The van der Waals surface area contributed by atoms with E-state index in [-0.39, 0.29) is 19.1 Å². The normalized spacial score (nSPS) is 10.3. The number of carbonyl (C=O) groups is 1. The topological polar surface area (TPSA) is 81.9 Å². The molecule has 2 rings (SSSR count). The summed E-state index contributed by atoms with van der Waals surface area (Å²) in [6, 6.07) is 6.96. The molecule has 1 heterocycles. The smallest absolute Gasteiger partial charge is 0.241 e. The summed E-state index contributed by atoms with van der Waals surface area (Å²) in [5.74, 6) is 0.987. The number of hydrogen-bond acceptors (Lipinski definition) is 5. The quantitative estimate of drug-likeness (QED) is 0.861. The van der Waals surface area contributed by atoms with Gasteiger partial charge in [-0.15, -0.1) is 5.10 Å². The first-order valence-electron chi connectivity index (χ1n) is 6.09. The number of aromatic nitrogens is 4. The van der Waals surface area contributed by atoms with Crippen molar-refractivity contribution < 1.29 is 9.53 Å². The van der Waals surface area contributed by atoms with Gasteiger partial charge in [0.2, 0.25) is 5.91 Å². The van der Waals surface area contributed by atoms with Crippen LogP contribution < -0.4 is 10.1 Å². The van der Waals surface area contributed by atoms with E-state index in [1.54, 1.807) is 24.3 Å². The summed E-state index contributed by atoms with van der Waals surface area (Å²) >= 11 is 5.79. The maximum atomic E-state index is 11.5. The Morgan fingerprint density at radius 3 is 2.85 bits per heavy atom. The molecule has 0 aliphatic heterocycles. The van der Waals surface area contributed by atoms with Gasteiger partial charge in [0.25, 0.3) is 0 Å². The van der Waals surface area contributed by atoms with Gasteiger partial charge in [-0.05, 0) is 41.6 Å². The van der Waals surface area contributed by atoms with Crippen LogP contribution in [0.15, 0.2) is 24.3 Å². The zero-order chi connectivity index (χ0) is 14.4. The molecule has 0 saturated carbocycles. The highest BCUT2D eigenvalue weighted by Gasteiger charge is 2.10. The molecular formula is C12H14ClN5O2. The molecule has 0 radical (unpaired) electrons. The molecule has 8 heteroatoms. The summed E-state index contributed by atoms with van der Waals surface area (Å²) in [5.41, 5.74) is 0. The second-order valence-corrected chi connectivity index (χ2v) is 4.39. The number of rotatable bonds is 6. The van der Waals surface area contributed by atoms with E-state index in [0.717, 1.165) is 0 Å². The zero-order valence-electron chi connectivity index (χ0n) is 10.9. The summed E-state index contributed by atoms with van der Waals surface area (Å²) in [7, 11) is 0. The van der Waals surface area contributed by atoms with Crippen LogP contribution >= 0.6 is 11.6 Å². The minimum absolute atomic E-state index is 0.0696. The third kappa shape index (κ3) is 3.92. The van der Waals surface area contributed by atoms with E-state index in [1.165, 1.54) is 4.68 Å². The molecular weight excluding hydrogens is 282 g/mol. The van der Waals surface area contributed by atoms with Crippen LogP contribution in [0.4, 0.5) is 0 Å². The molecule has 1 N–H and O–H groups in total. The van der Waals surface area contributed by atoms with Gasteiger partial charge >= 0.3 is 0 Å². The second-order valence-electron chi connectivity index (χ2n) is 3.95. The van der Waals surface area contributed by atoms with Crippen molar-refractivity contribution in [1.29, 1.82) is 0 Å². The Hall–Kier alpha value is -2.15. The molecule has 1 amide bonds. The molecule has 20 heavy (non-hydrogen) atoms. The summed E-state index contributed by atoms with van der Waals surface area (Å²) in [6.45, 7) is 2.66. The number of amides is 1. The first-order chi connectivity index (χ1) is 9.69. The number of nitrogens with one attached hydrogen (secondary N) is 1. The minimum atomic E-state index is -0.146. The lowest BCUT2D eigenvalue weighted by molar-refractivity contribution is -0.121.